The van der Waals surface area contributed by atoms with Gasteiger partial charge in [-0.05, 0) is 50.8 Å². The summed E-state index contributed by atoms with van der Waals surface area (Å²) in [6, 6.07) is 4.29. The quantitative estimate of drug-likeness (QED) is 0.574. The Balaban J connectivity index is 1.85. The fourth-order valence-electron chi connectivity index (χ4n) is 3.26. The number of rotatable bonds is 7. The van der Waals surface area contributed by atoms with Crippen molar-refractivity contribution in [3.05, 3.63) is 41.3 Å². The first-order chi connectivity index (χ1) is 14.0. The van der Waals surface area contributed by atoms with Crippen LogP contribution in [0, 0.1) is 12.8 Å². The molecule has 1 aliphatic carbocycles. The fraction of sp³-hybridized carbons (Fsp3) is 0.381. The number of halogens is 2. The first-order valence-electron chi connectivity index (χ1n) is 9.55. The Bertz CT molecular complexity index is 1060. The Kier molecular flexibility index (Phi) is 5.17. The molecule has 0 amide bonds. The van der Waals surface area contributed by atoms with Gasteiger partial charge in [0.25, 0.3) is 6.43 Å². The van der Waals surface area contributed by atoms with Crippen molar-refractivity contribution in [1.82, 2.24) is 15.0 Å². The Morgan fingerprint density at radius 1 is 1.31 bits per heavy atom. The zero-order chi connectivity index (χ0) is 20.5. The maximum absolute atomic E-state index is 13.3. The SMILES string of the molecule is CCOC(=O)c1c(C)[nH]c2c(-c3cc(C(F)F)ccc3OCC3CC3)ncnc12. The monoisotopic (exact) mass is 401 g/mol. The van der Waals surface area contributed by atoms with E-state index < -0.39 is 12.4 Å². The number of H-pyrrole nitrogens is 1. The number of ether oxygens (including phenoxy) is 2. The van der Waals surface area contributed by atoms with Crippen molar-refractivity contribution in [3.63, 3.8) is 0 Å². The minimum absolute atomic E-state index is 0.126. The molecule has 1 aromatic carbocycles. The van der Waals surface area contributed by atoms with Crippen LogP contribution in [-0.2, 0) is 4.74 Å². The summed E-state index contributed by atoms with van der Waals surface area (Å²) >= 11 is 0. The predicted octanol–water partition coefficient (Wildman–Crippen LogP) is 4.84. The molecule has 29 heavy (non-hydrogen) atoms. The Labute approximate surface area is 166 Å². The zero-order valence-electron chi connectivity index (χ0n) is 16.2. The number of fused-ring (bicyclic) bond motifs is 1. The van der Waals surface area contributed by atoms with Crippen molar-refractivity contribution in [2.75, 3.05) is 13.2 Å². The highest BCUT2D eigenvalue weighted by molar-refractivity contribution is 6.07. The summed E-state index contributed by atoms with van der Waals surface area (Å²) in [5, 5.41) is 0. The van der Waals surface area contributed by atoms with Crippen LogP contribution in [0.2, 0.25) is 0 Å². The Morgan fingerprint density at radius 2 is 2.10 bits per heavy atom. The standard InChI is InChI=1S/C21H21F2N3O3/c1-3-28-21(27)16-11(2)26-19-17(24-10-25-18(16)19)14-8-13(20(22)23)6-7-15(14)29-9-12-4-5-12/h6-8,10,12,20,26H,3-5,9H2,1-2H3. The largest absolute Gasteiger partial charge is 0.493 e. The van der Waals surface area contributed by atoms with Gasteiger partial charge in [0.1, 0.15) is 28.9 Å². The van der Waals surface area contributed by atoms with Crippen LogP contribution in [0.25, 0.3) is 22.3 Å². The van der Waals surface area contributed by atoms with E-state index in [2.05, 4.69) is 15.0 Å². The molecule has 0 saturated heterocycles. The Hall–Kier alpha value is -3.03. The van der Waals surface area contributed by atoms with Gasteiger partial charge in [-0.15, -0.1) is 0 Å². The fourth-order valence-corrected chi connectivity index (χ4v) is 3.26. The van der Waals surface area contributed by atoms with Crippen LogP contribution in [0.5, 0.6) is 5.75 Å². The second-order valence-corrected chi connectivity index (χ2v) is 7.10. The second kappa shape index (κ2) is 7.77. The number of hydrogen-bond donors (Lipinski definition) is 1. The molecule has 0 radical (unpaired) electrons. The molecular formula is C21H21F2N3O3. The van der Waals surface area contributed by atoms with Gasteiger partial charge in [0.2, 0.25) is 0 Å². The van der Waals surface area contributed by atoms with E-state index in [0.29, 0.717) is 51.8 Å². The van der Waals surface area contributed by atoms with Gasteiger partial charge in [-0.2, -0.15) is 0 Å². The maximum atomic E-state index is 13.3. The molecule has 3 aromatic rings. The van der Waals surface area contributed by atoms with E-state index in [1.807, 2.05) is 0 Å². The third kappa shape index (κ3) is 3.79. The molecule has 0 aliphatic heterocycles. The van der Waals surface area contributed by atoms with Gasteiger partial charge in [-0.25, -0.2) is 23.5 Å². The van der Waals surface area contributed by atoms with Crippen molar-refractivity contribution in [2.24, 2.45) is 5.92 Å². The van der Waals surface area contributed by atoms with E-state index >= 15 is 0 Å². The van der Waals surface area contributed by atoms with Gasteiger partial charge < -0.3 is 14.5 Å². The maximum Gasteiger partial charge on any atom is 0.342 e. The lowest BCUT2D eigenvalue weighted by Gasteiger charge is -2.13. The molecule has 2 aromatic heterocycles. The number of nitrogens with zero attached hydrogens (tertiary/aromatic N) is 2. The van der Waals surface area contributed by atoms with Crippen molar-refractivity contribution in [3.8, 4) is 17.0 Å². The van der Waals surface area contributed by atoms with Gasteiger partial charge in [0.15, 0.2) is 0 Å². The van der Waals surface area contributed by atoms with Gasteiger partial charge in [0, 0.05) is 16.8 Å². The number of aromatic amines is 1. The molecule has 0 bridgehead atoms. The van der Waals surface area contributed by atoms with E-state index in [4.69, 9.17) is 9.47 Å². The number of benzene rings is 1. The number of carbonyl (C=O) groups excluding carboxylic acids is 1. The van der Waals surface area contributed by atoms with Gasteiger partial charge in [-0.1, -0.05) is 0 Å². The number of hydrogen-bond acceptors (Lipinski definition) is 5. The first kappa shape index (κ1) is 19.3. The smallest absolute Gasteiger partial charge is 0.342 e. The molecule has 1 fully saturated rings. The molecule has 8 heteroatoms. The van der Waals surface area contributed by atoms with Crippen molar-refractivity contribution >= 4 is 17.0 Å². The van der Waals surface area contributed by atoms with Gasteiger partial charge in [-0.3, -0.25) is 0 Å². The molecule has 6 nitrogen and oxygen atoms in total. The van der Waals surface area contributed by atoms with Crippen molar-refractivity contribution < 1.29 is 23.0 Å². The van der Waals surface area contributed by atoms with E-state index in [9.17, 15) is 13.6 Å². The van der Waals surface area contributed by atoms with Crippen molar-refractivity contribution in [2.45, 2.75) is 33.1 Å². The second-order valence-electron chi connectivity index (χ2n) is 7.10. The van der Waals surface area contributed by atoms with Crippen LogP contribution < -0.4 is 4.74 Å². The topological polar surface area (TPSA) is 77.1 Å². The minimum atomic E-state index is -2.62. The number of aromatic nitrogens is 3. The molecule has 1 aliphatic rings. The van der Waals surface area contributed by atoms with Crippen LogP contribution in [0.3, 0.4) is 0 Å². The van der Waals surface area contributed by atoms with Gasteiger partial charge in [0.05, 0.1) is 18.7 Å². The first-order valence-corrected chi connectivity index (χ1v) is 9.55. The number of aryl methyl sites for hydroxylation is 1. The van der Waals surface area contributed by atoms with E-state index in [0.717, 1.165) is 12.8 Å². The average Bonchev–Trinajstić information content (AvgIpc) is 3.46. The average molecular weight is 401 g/mol. The van der Waals surface area contributed by atoms with Crippen LogP contribution in [0.4, 0.5) is 8.78 Å². The third-order valence-corrected chi connectivity index (χ3v) is 4.93. The third-order valence-electron chi connectivity index (χ3n) is 4.93. The van der Waals surface area contributed by atoms with Crippen LogP contribution in [-0.4, -0.2) is 34.1 Å². The minimum Gasteiger partial charge on any atom is -0.493 e. The summed E-state index contributed by atoms with van der Waals surface area (Å²) in [5.41, 5.74) is 2.48. The van der Waals surface area contributed by atoms with Crippen molar-refractivity contribution in [1.29, 1.82) is 0 Å². The van der Waals surface area contributed by atoms with E-state index in [1.165, 1.54) is 18.5 Å². The molecule has 1 N–H and O–H groups in total. The molecule has 1 saturated carbocycles. The Morgan fingerprint density at radius 3 is 2.79 bits per heavy atom. The lowest BCUT2D eigenvalue weighted by molar-refractivity contribution is 0.0527. The highest BCUT2D eigenvalue weighted by Gasteiger charge is 2.25. The summed E-state index contributed by atoms with van der Waals surface area (Å²) in [4.78, 5) is 24.0. The molecule has 0 unspecified atom stereocenters. The van der Waals surface area contributed by atoms with E-state index in [1.54, 1.807) is 19.9 Å². The molecule has 4 rings (SSSR count). The zero-order valence-corrected chi connectivity index (χ0v) is 16.2. The highest BCUT2D eigenvalue weighted by atomic mass is 19.3. The van der Waals surface area contributed by atoms with Crippen LogP contribution in [0.15, 0.2) is 24.5 Å². The number of nitrogens with one attached hydrogen (secondary N) is 1. The predicted molar refractivity (Wildman–Crippen MR) is 103 cm³/mol. The highest BCUT2D eigenvalue weighted by Crippen LogP contribution is 2.38. The number of carbonyl (C=O) groups is 1. The molecule has 0 atom stereocenters. The normalized spacial score (nSPS) is 13.8. The lowest BCUT2D eigenvalue weighted by Crippen LogP contribution is -2.06. The summed E-state index contributed by atoms with van der Waals surface area (Å²) < 4.78 is 37.7. The number of esters is 1. The van der Waals surface area contributed by atoms with Gasteiger partial charge >= 0.3 is 5.97 Å². The van der Waals surface area contributed by atoms with Crippen LogP contribution in [0.1, 0.15) is 47.8 Å². The summed E-state index contributed by atoms with van der Waals surface area (Å²) in [6.45, 7) is 4.23. The summed E-state index contributed by atoms with van der Waals surface area (Å²) in [6.07, 6.45) is 0.916. The lowest BCUT2D eigenvalue weighted by atomic mass is 10.0. The number of alkyl halides is 2. The molecule has 0 spiro atoms. The summed E-state index contributed by atoms with van der Waals surface area (Å²) in [7, 11) is 0. The molecular weight excluding hydrogens is 380 g/mol. The van der Waals surface area contributed by atoms with Crippen LogP contribution >= 0.6 is 0 Å². The molecule has 2 heterocycles. The summed E-state index contributed by atoms with van der Waals surface area (Å²) in [5.74, 6) is 0.491. The van der Waals surface area contributed by atoms with E-state index in [-0.39, 0.29) is 12.2 Å². The molecule has 152 valence electrons.